The molecule has 3 atom stereocenters. The van der Waals surface area contributed by atoms with Crippen molar-refractivity contribution < 1.29 is 58.5 Å². The van der Waals surface area contributed by atoms with Crippen molar-refractivity contribution in [1.82, 2.24) is 0 Å². The van der Waals surface area contributed by atoms with Crippen LogP contribution in [0.2, 0.25) is 0 Å². The Morgan fingerprint density at radius 1 is 0.966 bits per heavy atom. The van der Waals surface area contributed by atoms with Crippen LogP contribution in [0.1, 0.15) is 103 Å². The second-order valence-corrected chi connectivity index (χ2v) is 11.1. The Bertz CT molecular complexity index is 435. The first-order valence-electron chi connectivity index (χ1n) is 10.8. The normalized spacial score (nSPS) is 15.2. The monoisotopic (exact) mass is 508 g/mol. The molecule has 0 bridgehead atoms. The van der Waals surface area contributed by atoms with Crippen LogP contribution >= 0.6 is 23.5 Å². The van der Waals surface area contributed by atoms with Gasteiger partial charge < -0.3 is 24.2 Å². The Morgan fingerprint density at radius 3 is 1.79 bits per heavy atom. The molecular weight excluding hydrogens is 470 g/mol. The molecule has 6 nitrogen and oxygen atoms in total. The summed E-state index contributed by atoms with van der Waals surface area (Å²) in [5.74, 6) is -0.387. The zero-order valence-electron chi connectivity index (χ0n) is 18.3. The van der Waals surface area contributed by atoms with Crippen molar-refractivity contribution in [2.45, 2.75) is 114 Å². The molecule has 0 spiro atoms. The van der Waals surface area contributed by atoms with Crippen LogP contribution in [-0.4, -0.2) is 33.2 Å². The molecule has 0 aliphatic rings. The predicted octanol–water partition coefficient (Wildman–Crippen LogP) is 2.03. The quantitative estimate of drug-likeness (QED) is 0.0908. The van der Waals surface area contributed by atoms with E-state index in [1.54, 1.807) is 0 Å². The molecule has 0 aliphatic carbocycles. The van der Waals surface area contributed by atoms with Crippen molar-refractivity contribution in [3.05, 3.63) is 0 Å². The van der Waals surface area contributed by atoms with Gasteiger partial charge in [0.2, 0.25) is 0 Å². The summed E-state index contributed by atoms with van der Waals surface area (Å²) in [4.78, 5) is 31.3. The average molecular weight is 509 g/mol. The zero-order chi connectivity index (χ0) is 21.3. The number of carbonyl (C=O) groups is 1. The topological polar surface area (TPSA) is 107 Å². The molecule has 2 N–H and O–H groups in total. The first-order valence-corrected chi connectivity index (χ1v) is 13.3. The minimum Gasteiger partial charge on any atom is -0.778 e. The van der Waals surface area contributed by atoms with Gasteiger partial charge in [0.15, 0.2) is 0 Å². The molecule has 0 amide bonds. The van der Waals surface area contributed by atoms with E-state index in [1.807, 2.05) is 0 Å². The van der Waals surface area contributed by atoms with Crippen LogP contribution in [0.4, 0.5) is 0 Å². The summed E-state index contributed by atoms with van der Waals surface area (Å²) in [7, 11) is -4.54. The molecule has 0 saturated carbocycles. The van der Waals surface area contributed by atoms with Gasteiger partial charge >= 0.3 is 35.5 Å². The van der Waals surface area contributed by atoms with Gasteiger partial charge in [-0.3, -0.25) is 4.79 Å². The molecule has 0 saturated heterocycles. The van der Waals surface area contributed by atoms with E-state index in [0.29, 0.717) is 6.42 Å². The van der Waals surface area contributed by atoms with Crippen molar-refractivity contribution in [2.75, 3.05) is 6.61 Å². The third kappa shape index (κ3) is 22.1. The summed E-state index contributed by atoms with van der Waals surface area (Å²) in [6.07, 6.45) is 15.0. The fraction of sp³-hybridized carbons (Fsp3) is 0.950. The molecule has 0 aromatic rings. The van der Waals surface area contributed by atoms with Gasteiger partial charge in [-0.25, -0.2) is 0 Å². The van der Waals surface area contributed by atoms with Crippen LogP contribution in [0.5, 0.6) is 0 Å². The maximum absolute atomic E-state index is 11.6. The van der Waals surface area contributed by atoms with Crippen molar-refractivity contribution >= 4 is 29.5 Å². The molecule has 0 fully saturated rings. The Kier molecular flexibility index (Phi) is 23.3. The molecule has 0 aliphatic heterocycles. The minimum atomic E-state index is -4.54. The van der Waals surface area contributed by atoms with Gasteiger partial charge in [0.05, 0.1) is 10.7 Å². The third-order valence-electron chi connectivity index (χ3n) is 4.74. The number of esters is 1. The SMILES string of the molecule is CCCCCCCCCCCCCCCC(=O)OCC(O)CC(Br)P(=O)([O-])O.[Na+]. The maximum Gasteiger partial charge on any atom is 1.00 e. The number of hydrogen-bond donors (Lipinski definition) is 2. The molecule has 0 aromatic heterocycles. The Balaban J connectivity index is 0. The smallest absolute Gasteiger partial charge is 0.778 e. The van der Waals surface area contributed by atoms with Gasteiger partial charge in [0, 0.05) is 6.42 Å². The number of aliphatic hydroxyl groups is 1. The van der Waals surface area contributed by atoms with E-state index in [1.165, 1.54) is 64.2 Å². The fourth-order valence-corrected chi connectivity index (χ4v) is 3.92. The van der Waals surface area contributed by atoms with E-state index in [2.05, 4.69) is 22.9 Å². The van der Waals surface area contributed by atoms with Crippen molar-refractivity contribution in [2.24, 2.45) is 0 Å². The largest absolute Gasteiger partial charge is 1.00 e. The molecule has 168 valence electrons. The second kappa shape index (κ2) is 20.9. The van der Waals surface area contributed by atoms with Gasteiger partial charge in [-0.1, -0.05) is 99.9 Å². The van der Waals surface area contributed by atoms with Gasteiger partial charge in [0.25, 0.3) is 0 Å². The Morgan fingerprint density at radius 2 is 1.38 bits per heavy atom. The number of halogens is 1. The van der Waals surface area contributed by atoms with E-state index in [4.69, 9.17) is 9.63 Å². The van der Waals surface area contributed by atoms with E-state index in [9.17, 15) is 19.4 Å². The molecule has 29 heavy (non-hydrogen) atoms. The third-order valence-corrected chi connectivity index (χ3v) is 7.59. The molecule has 0 heterocycles. The summed E-state index contributed by atoms with van der Waals surface area (Å²) in [6, 6.07) is 0. The number of aliphatic hydroxyl groups excluding tert-OH is 1. The molecule has 0 aromatic carbocycles. The molecule has 0 rings (SSSR count). The van der Waals surface area contributed by atoms with Gasteiger partial charge in [-0.2, -0.15) is 0 Å². The number of hydrogen-bond acceptors (Lipinski definition) is 5. The number of carbonyl (C=O) groups excluding carboxylic acids is 1. The van der Waals surface area contributed by atoms with Crippen LogP contribution in [0.3, 0.4) is 0 Å². The van der Waals surface area contributed by atoms with E-state index < -0.39 is 18.3 Å². The van der Waals surface area contributed by atoms with Crippen LogP contribution < -0.4 is 34.5 Å². The van der Waals surface area contributed by atoms with E-state index in [0.717, 1.165) is 19.3 Å². The van der Waals surface area contributed by atoms with Crippen molar-refractivity contribution in [3.8, 4) is 0 Å². The zero-order valence-corrected chi connectivity index (χ0v) is 22.8. The van der Waals surface area contributed by atoms with Crippen LogP contribution in [-0.2, 0) is 14.1 Å². The minimum absolute atomic E-state index is 0. The van der Waals surface area contributed by atoms with E-state index in [-0.39, 0.29) is 48.6 Å². The van der Waals surface area contributed by atoms with E-state index >= 15 is 0 Å². The number of ether oxygens (including phenoxy) is 1. The first kappa shape index (κ1) is 32.2. The van der Waals surface area contributed by atoms with Crippen LogP contribution in [0.25, 0.3) is 0 Å². The summed E-state index contributed by atoms with van der Waals surface area (Å²) in [5, 5.41) is 9.64. The number of unbranched alkanes of at least 4 members (excludes halogenated alkanes) is 12. The molecule has 3 unspecified atom stereocenters. The van der Waals surface area contributed by atoms with Crippen molar-refractivity contribution in [3.63, 3.8) is 0 Å². The summed E-state index contributed by atoms with van der Waals surface area (Å²) >= 11 is 2.78. The Labute approximate surface area is 207 Å². The number of rotatable bonds is 19. The maximum atomic E-state index is 11.6. The standard InChI is InChI=1S/C20H40BrO6P.Na/c1-2-3-4-5-6-7-8-9-10-11-12-13-14-15-20(23)27-17-18(22)16-19(21)28(24,25)26;/h18-19,22H,2-17H2,1H3,(H2,24,25,26);/q;+1/p-1. The first-order chi connectivity index (χ1) is 13.3. The van der Waals surface area contributed by atoms with Gasteiger partial charge in [0.1, 0.15) is 14.2 Å². The van der Waals surface area contributed by atoms with Gasteiger partial charge in [-0.15, -0.1) is 0 Å². The fourth-order valence-electron chi connectivity index (χ4n) is 2.97. The molecule has 9 heteroatoms. The Hall–Kier alpha value is 1.06. The van der Waals surface area contributed by atoms with Crippen LogP contribution in [0.15, 0.2) is 0 Å². The van der Waals surface area contributed by atoms with Crippen LogP contribution in [0, 0.1) is 0 Å². The van der Waals surface area contributed by atoms with Gasteiger partial charge in [-0.05, 0) is 12.8 Å². The summed E-state index contributed by atoms with van der Waals surface area (Å²) in [6.45, 7) is 1.98. The summed E-state index contributed by atoms with van der Waals surface area (Å²) in [5.41, 5.74) is 0. The number of alkyl halides is 1. The molecular formula is C20H39BrNaO6P. The summed E-state index contributed by atoms with van der Waals surface area (Å²) < 4.78 is 14.6. The molecule has 0 radical (unpaired) electrons. The predicted molar refractivity (Wildman–Crippen MR) is 114 cm³/mol. The second-order valence-electron chi connectivity index (χ2n) is 7.56. The average Bonchev–Trinajstić information content (AvgIpc) is 2.63. The van der Waals surface area contributed by atoms with Crippen molar-refractivity contribution in [1.29, 1.82) is 0 Å².